The van der Waals surface area contributed by atoms with Gasteiger partial charge in [0.2, 0.25) is 0 Å². The third-order valence-electron chi connectivity index (χ3n) is 7.32. The fourth-order valence-electron chi connectivity index (χ4n) is 5.17. The number of aromatic nitrogens is 1. The van der Waals surface area contributed by atoms with E-state index in [1.165, 1.54) is 127 Å². The van der Waals surface area contributed by atoms with Crippen LogP contribution in [0.1, 0.15) is 151 Å². The number of methoxy groups -OCH3 is 1. The Balaban J connectivity index is 2.60. The summed E-state index contributed by atoms with van der Waals surface area (Å²) in [5, 5.41) is 0. The van der Waals surface area contributed by atoms with Gasteiger partial charge in [-0.25, -0.2) is 0 Å². The number of rotatable bonds is 22. The van der Waals surface area contributed by atoms with Gasteiger partial charge in [-0.1, -0.05) is 104 Å². The second-order valence-corrected chi connectivity index (χ2v) is 10.3. The van der Waals surface area contributed by atoms with Gasteiger partial charge >= 0.3 is 0 Å². The summed E-state index contributed by atoms with van der Waals surface area (Å²) in [4.78, 5) is 5.15. The first-order chi connectivity index (χ1) is 16.2. The van der Waals surface area contributed by atoms with Gasteiger partial charge in [0.15, 0.2) is 0 Å². The molecule has 0 bridgehead atoms. The summed E-state index contributed by atoms with van der Waals surface area (Å²) >= 11 is 0. The van der Waals surface area contributed by atoms with E-state index in [1.54, 1.807) is 23.8 Å². The molecule has 0 aliphatic heterocycles. The van der Waals surface area contributed by atoms with Gasteiger partial charge in [-0.15, -0.1) is 0 Å². The van der Waals surface area contributed by atoms with Crippen LogP contribution >= 0.6 is 0 Å². The summed E-state index contributed by atoms with van der Waals surface area (Å²) in [5.41, 5.74) is 7.30. The Morgan fingerprint density at radius 1 is 0.545 bits per heavy atom. The van der Waals surface area contributed by atoms with Gasteiger partial charge in [-0.2, -0.15) is 0 Å². The molecule has 0 aromatic carbocycles. The van der Waals surface area contributed by atoms with Crippen molar-refractivity contribution in [2.45, 2.75) is 156 Å². The minimum atomic E-state index is 0.830. The summed E-state index contributed by atoms with van der Waals surface area (Å²) in [5.74, 6) is 0. The minimum Gasteiger partial charge on any atom is -0.385 e. The van der Waals surface area contributed by atoms with Crippen LogP contribution in [0.4, 0.5) is 0 Å². The van der Waals surface area contributed by atoms with Crippen LogP contribution in [0.2, 0.25) is 0 Å². The highest BCUT2D eigenvalue weighted by molar-refractivity contribution is 5.40. The van der Waals surface area contributed by atoms with Crippen LogP contribution in [0.25, 0.3) is 0 Å². The summed E-state index contributed by atoms with van der Waals surface area (Å²) in [7, 11) is 1.80. The van der Waals surface area contributed by atoms with Gasteiger partial charge in [0.05, 0.1) is 0 Å². The topological polar surface area (TPSA) is 22.1 Å². The molecule has 0 aliphatic rings. The molecule has 0 N–H and O–H groups in total. The summed E-state index contributed by atoms with van der Waals surface area (Å²) in [6, 6.07) is 0. The minimum absolute atomic E-state index is 0.830. The largest absolute Gasteiger partial charge is 0.385 e. The third-order valence-corrected chi connectivity index (χ3v) is 7.32. The molecule has 33 heavy (non-hydrogen) atoms. The van der Waals surface area contributed by atoms with E-state index in [4.69, 9.17) is 9.72 Å². The molecule has 0 saturated carbocycles. The van der Waals surface area contributed by atoms with Crippen molar-refractivity contribution in [2.24, 2.45) is 0 Å². The molecule has 0 saturated heterocycles. The normalized spacial score (nSPS) is 11.4. The Bertz CT molecular complexity index is 595. The van der Waals surface area contributed by atoms with E-state index in [-0.39, 0.29) is 0 Å². The predicted molar refractivity (Wildman–Crippen MR) is 147 cm³/mol. The Hall–Kier alpha value is -0.890. The molecule has 0 atom stereocenters. The van der Waals surface area contributed by atoms with Crippen LogP contribution in [-0.2, 0) is 24.0 Å². The van der Waals surface area contributed by atoms with Crippen LogP contribution in [0.3, 0.4) is 0 Å². The molecule has 1 heterocycles. The predicted octanol–water partition coefficient (Wildman–Crippen LogP) is 9.64. The maximum atomic E-state index is 5.32. The van der Waals surface area contributed by atoms with E-state index in [2.05, 4.69) is 27.7 Å². The van der Waals surface area contributed by atoms with Crippen molar-refractivity contribution in [3.05, 3.63) is 28.1 Å². The quantitative estimate of drug-likeness (QED) is 0.161. The van der Waals surface area contributed by atoms with Crippen molar-refractivity contribution >= 4 is 0 Å². The number of pyridine rings is 1. The second kappa shape index (κ2) is 20.5. The molecule has 1 rings (SSSR count). The number of hydrogen-bond acceptors (Lipinski definition) is 2. The number of unbranched alkanes of at least 4 members (excludes halogenated alkanes) is 14. The Labute approximate surface area is 207 Å². The second-order valence-electron chi connectivity index (χ2n) is 10.3. The SMILES string of the molecule is CCCCCCCCCCc1c(C)nc(CCCOC)c(CCCCCCCCCC)c1C. The van der Waals surface area contributed by atoms with E-state index >= 15 is 0 Å². The molecule has 0 amide bonds. The molecule has 1 aromatic rings. The molecule has 0 aliphatic carbocycles. The first-order valence-corrected chi connectivity index (χ1v) is 14.6. The van der Waals surface area contributed by atoms with Crippen LogP contribution in [0.5, 0.6) is 0 Å². The van der Waals surface area contributed by atoms with E-state index in [0.29, 0.717) is 0 Å². The maximum absolute atomic E-state index is 5.32. The summed E-state index contributed by atoms with van der Waals surface area (Å²) in [6.07, 6.45) is 26.7. The number of ether oxygens (including phenoxy) is 1. The summed E-state index contributed by atoms with van der Waals surface area (Å²) < 4.78 is 5.32. The van der Waals surface area contributed by atoms with Gasteiger partial charge in [0.25, 0.3) is 0 Å². The number of hydrogen-bond donors (Lipinski definition) is 0. The molecular weight excluding hydrogens is 402 g/mol. The number of aryl methyl sites for hydroxylation is 2. The zero-order valence-corrected chi connectivity index (χ0v) is 23.2. The van der Waals surface area contributed by atoms with Crippen molar-refractivity contribution < 1.29 is 4.74 Å². The summed E-state index contributed by atoms with van der Waals surface area (Å²) in [6.45, 7) is 10.0. The van der Waals surface area contributed by atoms with Crippen molar-refractivity contribution in [2.75, 3.05) is 13.7 Å². The van der Waals surface area contributed by atoms with Gasteiger partial charge < -0.3 is 4.74 Å². The first kappa shape index (κ1) is 30.1. The highest BCUT2D eigenvalue weighted by Crippen LogP contribution is 2.25. The fraction of sp³-hybridized carbons (Fsp3) is 0.839. The fourth-order valence-corrected chi connectivity index (χ4v) is 5.17. The van der Waals surface area contributed by atoms with E-state index < -0.39 is 0 Å². The molecule has 0 spiro atoms. The third kappa shape index (κ3) is 13.5. The number of nitrogens with zero attached hydrogens (tertiary/aromatic N) is 1. The smallest absolute Gasteiger partial charge is 0.0466 e. The Morgan fingerprint density at radius 3 is 1.48 bits per heavy atom. The highest BCUT2D eigenvalue weighted by atomic mass is 16.5. The zero-order valence-electron chi connectivity index (χ0n) is 23.2. The lowest BCUT2D eigenvalue weighted by atomic mass is 9.91. The van der Waals surface area contributed by atoms with E-state index in [9.17, 15) is 0 Å². The standard InChI is InChI=1S/C31H57NO/c1-6-8-10-12-14-16-18-20-23-29-27(3)30(24-21-19-17-15-13-11-9-7-2)31(32-28(29)4)25-22-26-33-5/h6-26H2,1-5H3. The Kier molecular flexibility index (Phi) is 18.7. The molecule has 192 valence electrons. The van der Waals surface area contributed by atoms with Crippen molar-refractivity contribution in [1.29, 1.82) is 0 Å². The average molecular weight is 460 g/mol. The average Bonchev–Trinajstić information content (AvgIpc) is 2.81. The monoisotopic (exact) mass is 459 g/mol. The highest BCUT2D eigenvalue weighted by Gasteiger charge is 2.14. The molecule has 0 fully saturated rings. The van der Waals surface area contributed by atoms with Crippen LogP contribution < -0.4 is 0 Å². The van der Waals surface area contributed by atoms with E-state index in [1.807, 2.05) is 0 Å². The van der Waals surface area contributed by atoms with Crippen molar-refractivity contribution in [1.82, 2.24) is 4.98 Å². The molecule has 2 heteroatoms. The molecule has 1 aromatic heterocycles. The molecule has 2 nitrogen and oxygen atoms in total. The van der Waals surface area contributed by atoms with Gasteiger partial charge in [0.1, 0.15) is 0 Å². The lowest BCUT2D eigenvalue weighted by Crippen LogP contribution is -2.09. The first-order valence-electron chi connectivity index (χ1n) is 14.6. The van der Waals surface area contributed by atoms with Crippen LogP contribution in [0, 0.1) is 13.8 Å². The lowest BCUT2D eigenvalue weighted by Gasteiger charge is -2.19. The van der Waals surface area contributed by atoms with E-state index in [0.717, 1.165) is 19.4 Å². The van der Waals surface area contributed by atoms with Gasteiger partial charge in [-0.05, 0) is 69.1 Å². The van der Waals surface area contributed by atoms with Crippen molar-refractivity contribution in [3.8, 4) is 0 Å². The lowest BCUT2D eigenvalue weighted by molar-refractivity contribution is 0.195. The van der Waals surface area contributed by atoms with Crippen LogP contribution in [0.15, 0.2) is 0 Å². The molecule has 0 unspecified atom stereocenters. The Morgan fingerprint density at radius 2 is 1.00 bits per heavy atom. The molecular formula is C31H57NO. The maximum Gasteiger partial charge on any atom is 0.0466 e. The molecule has 0 radical (unpaired) electrons. The van der Waals surface area contributed by atoms with Crippen molar-refractivity contribution in [3.63, 3.8) is 0 Å². The van der Waals surface area contributed by atoms with Gasteiger partial charge in [-0.3, -0.25) is 4.98 Å². The van der Waals surface area contributed by atoms with Gasteiger partial charge in [0, 0.05) is 25.1 Å². The van der Waals surface area contributed by atoms with Crippen LogP contribution in [-0.4, -0.2) is 18.7 Å². The zero-order chi connectivity index (χ0) is 24.2.